The van der Waals surface area contributed by atoms with Crippen LogP contribution in [0.15, 0.2) is 0 Å². The summed E-state index contributed by atoms with van der Waals surface area (Å²) in [6, 6.07) is -0.190. The molecule has 1 atom stereocenters. The zero-order valence-electron chi connectivity index (χ0n) is 14.6. The highest BCUT2D eigenvalue weighted by molar-refractivity contribution is 5.88. The van der Waals surface area contributed by atoms with Crippen LogP contribution < -0.4 is 5.32 Å². The van der Waals surface area contributed by atoms with Gasteiger partial charge in [0.2, 0.25) is 11.8 Å². The average Bonchev–Trinajstić information content (AvgIpc) is 3.02. The predicted octanol–water partition coefficient (Wildman–Crippen LogP) is 2.05. The zero-order valence-corrected chi connectivity index (χ0v) is 15.4. The lowest BCUT2D eigenvalue weighted by atomic mass is 9.96. The molecule has 134 valence electrons. The molecule has 0 aromatic rings. The molecule has 2 amide bonds. The SMILES string of the molecule is CCCC(=O)N1CCCC1C(=O)N1CCC(CNCC)CC1.Cl. The van der Waals surface area contributed by atoms with Crippen LogP contribution >= 0.6 is 12.4 Å². The molecule has 6 heteroatoms. The Labute approximate surface area is 146 Å². The van der Waals surface area contributed by atoms with Crippen LogP contribution in [0.25, 0.3) is 0 Å². The van der Waals surface area contributed by atoms with E-state index in [1.165, 1.54) is 0 Å². The maximum atomic E-state index is 12.8. The molecule has 0 radical (unpaired) electrons. The van der Waals surface area contributed by atoms with Gasteiger partial charge in [0.05, 0.1) is 0 Å². The van der Waals surface area contributed by atoms with Gasteiger partial charge < -0.3 is 15.1 Å². The van der Waals surface area contributed by atoms with E-state index in [1.807, 2.05) is 16.7 Å². The second-order valence-corrected chi connectivity index (χ2v) is 6.57. The van der Waals surface area contributed by atoms with Gasteiger partial charge in [0.25, 0.3) is 0 Å². The molecule has 2 rings (SSSR count). The lowest BCUT2D eigenvalue weighted by Gasteiger charge is -2.35. The van der Waals surface area contributed by atoms with Crippen molar-refractivity contribution in [1.82, 2.24) is 15.1 Å². The van der Waals surface area contributed by atoms with E-state index in [0.29, 0.717) is 12.3 Å². The van der Waals surface area contributed by atoms with Crippen molar-refractivity contribution in [2.45, 2.75) is 58.4 Å². The van der Waals surface area contributed by atoms with Gasteiger partial charge in [0.1, 0.15) is 6.04 Å². The van der Waals surface area contributed by atoms with Gasteiger partial charge in [-0.25, -0.2) is 0 Å². The maximum Gasteiger partial charge on any atom is 0.245 e. The van der Waals surface area contributed by atoms with Gasteiger partial charge in [-0.15, -0.1) is 12.4 Å². The van der Waals surface area contributed by atoms with Crippen LogP contribution in [0, 0.1) is 5.92 Å². The molecular weight excluding hydrogens is 314 g/mol. The molecule has 2 heterocycles. The van der Waals surface area contributed by atoms with E-state index in [9.17, 15) is 9.59 Å². The topological polar surface area (TPSA) is 52.7 Å². The number of likely N-dealkylation sites (tertiary alicyclic amines) is 2. The quantitative estimate of drug-likeness (QED) is 0.801. The number of hydrogen-bond donors (Lipinski definition) is 1. The first-order chi connectivity index (χ1) is 10.7. The first-order valence-electron chi connectivity index (χ1n) is 8.96. The van der Waals surface area contributed by atoms with Crippen LogP contribution in [0.5, 0.6) is 0 Å². The lowest BCUT2D eigenvalue weighted by molar-refractivity contribution is -0.144. The molecule has 2 saturated heterocycles. The molecule has 1 N–H and O–H groups in total. The van der Waals surface area contributed by atoms with E-state index in [4.69, 9.17) is 0 Å². The molecule has 2 aliphatic rings. The summed E-state index contributed by atoms with van der Waals surface area (Å²) in [4.78, 5) is 28.7. The Hall–Kier alpha value is -0.810. The summed E-state index contributed by atoms with van der Waals surface area (Å²) in [5.41, 5.74) is 0. The first kappa shape index (κ1) is 20.2. The fourth-order valence-corrected chi connectivity index (χ4v) is 3.60. The van der Waals surface area contributed by atoms with E-state index in [0.717, 1.165) is 64.8 Å². The molecule has 2 fully saturated rings. The van der Waals surface area contributed by atoms with Crippen LogP contribution in [-0.2, 0) is 9.59 Å². The van der Waals surface area contributed by atoms with Crippen LogP contribution in [0.2, 0.25) is 0 Å². The first-order valence-corrected chi connectivity index (χ1v) is 8.96. The Balaban J connectivity index is 0.00000264. The van der Waals surface area contributed by atoms with Crippen LogP contribution in [0.3, 0.4) is 0 Å². The highest BCUT2D eigenvalue weighted by Crippen LogP contribution is 2.24. The molecule has 23 heavy (non-hydrogen) atoms. The molecule has 0 saturated carbocycles. The highest BCUT2D eigenvalue weighted by Gasteiger charge is 2.36. The minimum Gasteiger partial charge on any atom is -0.341 e. The van der Waals surface area contributed by atoms with E-state index in [2.05, 4.69) is 12.2 Å². The summed E-state index contributed by atoms with van der Waals surface area (Å²) < 4.78 is 0. The Morgan fingerprint density at radius 2 is 1.78 bits per heavy atom. The van der Waals surface area contributed by atoms with Crippen molar-refractivity contribution in [3.63, 3.8) is 0 Å². The van der Waals surface area contributed by atoms with Crippen LogP contribution in [-0.4, -0.2) is 60.4 Å². The number of rotatable bonds is 6. The lowest BCUT2D eigenvalue weighted by Crippen LogP contribution is -2.50. The van der Waals surface area contributed by atoms with E-state index < -0.39 is 0 Å². The van der Waals surface area contributed by atoms with Crippen molar-refractivity contribution in [1.29, 1.82) is 0 Å². The van der Waals surface area contributed by atoms with Crippen molar-refractivity contribution in [2.75, 3.05) is 32.7 Å². The summed E-state index contributed by atoms with van der Waals surface area (Å²) >= 11 is 0. The smallest absolute Gasteiger partial charge is 0.245 e. The van der Waals surface area contributed by atoms with Crippen molar-refractivity contribution in [3.8, 4) is 0 Å². The predicted molar refractivity (Wildman–Crippen MR) is 94.7 cm³/mol. The molecule has 5 nitrogen and oxygen atoms in total. The number of halogens is 1. The largest absolute Gasteiger partial charge is 0.341 e. The van der Waals surface area contributed by atoms with Gasteiger partial charge in [0, 0.05) is 26.1 Å². The van der Waals surface area contributed by atoms with Gasteiger partial charge in [0.15, 0.2) is 0 Å². The summed E-state index contributed by atoms with van der Waals surface area (Å²) in [5, 5.41) is 3.40. The fraction of sp³-hybridized carbons (Fsp3) is 0.882. The molecular formula is C17H32ClN3O2. The second kappa shape index (κ2) is 10.1. The van der Waals surface area contributed by atoms with Crippen molar-refractivity contribution >= 4 is 24.2 Å². The number of nitrogens with zero attached hydrogens (tertiary/aromatic N) is 2. The second-order valence-electron chi connectivity index (χ2n) is 6.57. The van der Waals surface area contributed by atoms with E-state index >= 15 is 0 Å². The zero-order chi connectivity index (χ0) is 15.9. The number of nitrogens with one attached hydrogen (secondary N) is 1. The molecule has 0 bridgehead atoms. The van der Waals surface area contributed by atoms with Gasteiger partial charge in [-0.2, -0.15) is 0 Å². The summed E-state index contributed by atoms with van der Waals surface area (Å²) in [5.74, 6) is 1.02. The Kier molecular flexibility index (Phi) is 8.92. The van der Waals surface area contributed by atoms with Gasteiger partial charge in [-0.1, -0.05) is 13.8 Å². The Bertz CT molecular complexity index is 384. The van der Waals surface area contributed by atoms with Gasteiger partial charge >= 0.3 is 0 Å². The number of piperidine rings is 1. The van der Waals surface area contributed by atoms with E-state index in [-0.39, 0.29) is 30.3 Å². The number of hydrogen-bond acceptors (Lipinski definition) is 3. The van der Waals surface area contributed by atoms with Crippen molar-refractivity contribution in [3.05, 3.63) is 0 Å². The van der Waals surface area contributed by atoms with Crippen LogP contribution in [0.4, 0.5) is 0 Å². The molecule has 0 aromatic carbocycles. The average molecular weight is 346 g/mol. The molecule has 2 aliphatic heterocycles. The summed E-state index contributed by atoms with van der Waals surface area (Å²) in [6.45, 7) is 8.66. The third-order valence-electron chi connectivity index (χ3n) is 4.93. The molecule has 0 spiro atoms. The van der Waals surface area contributed by atoms with Gasteiger partial charge in [-0.3, -0.25) is 9.59 Å². The normalized spacial score (nSPS) is 22.1. The minimum atomic E-state index is -0.190. The monoisotopic (exact) mass is 345 g/mol. The van der Waals surface area contributed by atoms with Crippen LogP contribution in [0.1, 0.15) is 52.4 Å². The Morgan fingerprint density at radius 3 is 2.39 bits per heavy atom. The Morgan fingerprint density at radius 1 is 1.09 bits per heavy atom. The maximum absolute atomic E-state index is 12.8. The van der Waals surface area contributed by atoms with Gasteiger partial charge in [-0.05, 0) is 51.1 Å². The standard InChI is InChI=1S/C17H31N3O2.ClH/c1-3-6-16(21)20-10-5-7-15(20)17(22)19-11-8-14(9-12-19)13-18-4-2;/h14-15,18H,3-13H2,1-2H3;1H. The van der Waals surface area contributed by atoms with Crippen molar-refractivity contribution in [2.24, 2.45) is 5.92 Å². The summed E-state index contributed by atoms with van der Waals surface area (Å²) in [6.07, 6.45) is 5.37. The molecule has 0 aromatic heterocycles. The third kappa shape index (κ3) is 5.35. The molecule has 0 aliphatic carbocycles. The van der Waals surface area contributed by atoms with E-state index in [1.54, 1.807) is 0 Å². The third-order valence-corrected chi connectivity index (χ3v) is 4.93. The summed E-state index contributed by atoms with van der Waals surface area (Å²) in [7, 11) is 0. The number of amides is 2. The highest BCUT2D eigenvalue weighted by atomic mass is 35.5. The molecule has 1 unspecified atom stereocenters. The minimum absolute atomic E-state index is 0. The van der Waals surface area contributed by atoms with Crippen molar-refractivity contribution < 1.29 is 9.59 Å². The number of carbonyl (C=O) groups is 2. The fourth-order valence-electron chi connectivity index (χ4n) is 3.60. The number of carbonyl (C=O) groups excluding carboxylic acids is 2.